The summed E-state index contributed by atoms with van der Waals surface area (Å²) in [4.78, 5) is 25.2. The smallest absolute Gasteiger partial charge is 0.305 e. The number of carbonyl (C=O) groups is 2. The molecule has 20 heavy (non-hydrogen) atoms. The standard InChI is InChI=1S/C16H27NO3/c1-16(2)8-4-3-6-12(16)10-14(18)17-9-5-7-13(17)11-15(19)20/h12-13H,3-11H2,1-2H3,(H,19,20). The van der Waals surface area contributed by atoms with Crippen LogP contribution >= 0.6 is 0 Å². The second-order valence-corrected chi connectivity index (χ2v) is 7.12. The van der Waals surface area contributed by atoms with E-state index >= 15 is 0 Å². The molecule has 0 aromatic heterocycles. The summed E-state index contributed by atoms with van der Waals surface area (Å²) >= 11 is 0. The molecule has 0 radical (unpaired) electrons. The van der Waals surface area contributed by atoms with Crippen LogP contribution in [0.15, 0.2) is 0 Å². The first-order chi connectivity index (χ1) is 9.40. The van der Waals surface area contributed by atoms with E-state index in [0.29, 0.717) is 12.3 Å². The Balaban J connectivity index is 1.95. The summed E-state index contributed by atoms with van der Waals surface area (Å²) in [5, 5.41) is 8.94. The highest BCUT2D eigenvalue weighted by molar-refractivity contribution is 5.78. The largest absolute Gasteiger partial charge is 0.481 e. The first-order valence-corrected chi connectivity index (χ1v) is 7.91. The molecule has 2 fully saturated rings. The molecule has 2 unspecified atom stereocenters. The average molecular weight is 281 g/mol. The van der Waals surface area contributed by atoms with E-state index in [1.165, 1.54) is 19.3 Å². The first-order valence-electron chi connectivity index (χ1n) is 7.91. The minimum absolute atomic E-state index is 0.0771. The van der Waals surface area contributed by atoms with Crippen LogP contribution in [0.5, 0.6) is 0 Å². The van der Waals surface area contributed by atoms with Gasteiger partial charge in [0.25, 0.3) is 0 Å². The van der Waals surface area contributed by atoms with Crippen molar-refractivity contribution < 1.29 is 14.7 Å². The molecule has 0 spiro atoms. The molecule has 1 saturated carbocycles. The van der Waals surface area contributed by atoms with E-state index < -0.39 is 5.97 Å². The minimum atomic E-state index is -0.798. The third-order valence-corrected chi connectivity index (χ3v) is 5.26. The van der Waals surface area contributed by atoms with E-state index in [0.717, 1.165) is 25.8 Å². The molecule has 4 heteroatoms. The SMILES string of the molecule is CC1(C)CCCCC1CC(=O)N1CCCC1CC(=O)O. The van der Waals surface area contributed by atoms with Crippen LogP contribution in [0.2, 0.25) is 0 Å². The van der Waals surface area contributed by atoms with Crippen molar-refractivity contribution in [2.75, 3.05) is 6.54 Å². The fourth-order valence-corrected chi connectivity index (χ4v) is 3.85. The van der Waals surface area contributed by atoms with Crippen LogP contribution in [0.4, 0.5) is 0 Å². The summed E-state index contributed by atoms with van der Waals surface area (Å²) in [6.45, 7) is 5.27. The zero-order valence-electron chi connectivity index (χ0n) is 12.7. The Hall–Kier alpha value is -1.06. The molecule has 2 rings (SSSR count). The van der Waals surface area contributed by atoms with Crippen LogP contribution in [-0.2, 0) is 9.59 Å². The van der Waals surface area contributed by atoms with E-state index in [-0.39, 0.29) is 23.8 Å². The summed E-state index contributed by atoms with van der Waals surface area (Å²) in [6.07, 6.45) is 7.30. The zero-order chi connectivity index (χ0) is 14.8. The number of likely N-dealkylation sites (tertiary alicyclic amines) is 1. The molecule has 0 aromatic rings. The molecule has 1 aliphatic carbocycles. The van der Waals surface area contributed by atoms with Crippen molar-refractivity contribution in [3.05, 3.63) is 0 Å². The highest BCUT2D eigenvalue weighted by atomic mass is 16.4. The Kier molecular flexibility index (Phi) is 4.71. The van der Waals surface area contributed by atoms with Crippen molar-refractivity contribution >= 4 is 11.9 Å². The van der Waals surface area contributed by atoms with Gasteiger partial charge in [0.05, 0.1) is 6.42 Å². The Labute approximate surface area is 121 Å². The molecule has 1 amide bonds. The topological polar surface area (TPSA) is 57.6 Å². The Bertz CT molecular complexity index is 378. The van der Waals surface area contributed by atoms with Gasteiger partial charge in [0.2, 0.25) is 5.91 Å². The molecule has 2 aliphatic rings. The maximum atomic E-state index is 12.5. The van der Waals surface area contributed by atoms with E-state index in [2.05, 4.69) is 13.8 Å². The lowest BCUT2D eigenvalue weighted by Gasteiger charge is -2.39. The van der Waals surface area contributed by atoms with Crippen LogP contribution < -0.4 is 0 Å². The normalized spacial score (nSPS) is 29.4. The molecule has 1 saturated heterocycles. The van der Waals surface area contributed by atoms with Crippen molar-refractivity contribution in [1.29, 1.82) is 0 Å². The summed E-state index contributed by atoms with van der Waals surface area (Å²) < 4.78 is 0. The molecule has 0 aromatic carbocycles. The fourth-order valence-electron chi connectivity index (χ4n) is 3.85. The predicted octanol–water partition coefficient (Wildman–Crippen LogP) is 3.06. The Morgan fingerprint density at radius 1 is 1.15 bits per heavy atom. The van der Waals surface area contributed by atoms with Crippen molar-refractivity contribution in [3.63, 3.8) is 0 Å². The van der Waals surface area contributed by atoms with Gasteiger partial charge in [0, 0.05) is 19.0 Å². The third-order valence-electron chi connectivity index (χ3n) is 5.26. The summed E-state index contributed by atoms with van der Waals surface area (Å²) in [6, 6.07) is -0.0771. The lowest BCUT2D eigenvalue weighted by Crippen LogP contribution is -2.40. The van der Waals surface area contributed by atoms with Crippen LogP contribution in [0.25, 0.3) is 0 Å². The highest BCUT2D eigenvalue weighted by Gasteiger charge is 2.37. The van der Waals surface area contributed by atoms with Gasteiger partial charge in [-0.1, -0.05) is 26.7 Å². The Morgan fingerprint density at radius 3 is 2.55 bits per heavy atom. The number of amides is 1. The number of carboxylic acid groups (broad SMARTS) is 1. The molecular formula is C16H27NO3. The van der Waals surface area contributed by atoms with Crippen LogP contribution in [0, 0.1) is 11.3 Å². The number of nitrogens with zero attached hydrogens (tertiary/aromatic N) is 1. The molecule has 1 aliphatic heterocycles. The zero-order valence-corrected chi connectivity index (χ0v) is 12.7. The summed E-state index contributed by atoms with van der Waals surface area (Å²) in [5.41, 5.74) is 0.246. The van der Waals surface area contributed by atoms with E-state index in [1.54, 1.807) is 0 Å². The first kappa shape index (κ1) is 15.3. The predicted molar refractivity (Wildman–Crippen MR) is 77.3 cm³/mol. The number of rotatable bonds is 4. The average Bonchev–Trinajstić information content (AvgIpc) is 2.79. The van der Waals surface area contributed by atoms with Crippen LogP contribution in [0.3, 0.4) is 0 Å². The molecule has 1 N–H and O–H groups in total. The van der Waals surface area contributed by atoms with E-state index in [9.17, 15) is 9.59 Å². The molecule has 0 bridgehead atoms. The second kappa shape index (κ2) is 6.15. The van der Waals surface area contributed by atoms with Crippen LogP contribution in [0.1, 0.15) is 65.2 Å². The minimum Gasteiger partial charge on any atom is -0.481 e. The number of carboxylic acids is 1. The van der Waals surface area contributed by atoms with Gasteiger partial charge in [0.15, 0.2) is 0 Å². The molecule has 4 nitrogen and oxygen atoms in total. The molecular weight excluding hydrogens is 254 g/mol. The van der Waals surface area contributed by atoms with Gasteiger partial charge in [-0.05, 0) is 37.0 Å². The van der Waals surface area contributed by atoms with Gasteiger partial charge < -0.3 is 10.0 Å². The molecule has 2 atom stereocenters. The van der Waals surface area contributed by atoms with Crippen molar-refractivity contribution in [2.24, 2.45) is 11.3 Å². The van der Waals surface area contributed by atoms with Crippen molar-refractivity contribution in [1.82, 2.24) is 4.90 Å². The summed E-state index contributed by atoms with van der Waals surface area (Å²) in [7, 11) is 0. The van der Waals surface area contributed by atoms with Gasteiger partial charge in [-0.15, -0.1) is 0 Å². The van der Waals surface area contributed by atoms with Crippen molar-refractivity contribution in [2.45, 2.75) is 71.3 Å². The number of hydrogen-bond donors (Lipinski definition) is 1. The number of carbonyl (C=O) groups excluding carboxylic acids is 1. The molecule has 1 heterocycles. The fraction of sp³-hybridized carbons (Fsp3) is 0.875. The maximum Gasteiger partial charge on any atom is 0.305 e. The van der Waals surface area contributed by atoms with E-state index in [1.807, 2.05) is 4.90 Å². The van der Waals surface area contributed by atoms with Crippen molar-refractivity contribution in [3.8, 4) is 0 Å². The second-order valence-electron chi connectivity index (χ2n) is 7.12. The monoisotopic (exact) mass is 281 g/mol. The lowest BCUT2D eigenvalue weighted by molar-refractivity contribution is -0.140. The third kappa shape index (κ3) is 3.53. The van der Waals surface area contributed by atoms with Gasteiger partial charge >= 0.3 is 5.97 Å². The van der Waals surface area contributed by atoms with E-state index in [4.69, 9.17) is 5.11 Å². The van der Waals surface area contributed by atoms with Gasteiger partial charge in [-0.3, -0.25) is 9.59 Å². The highest BCUT2D eigenvalue weighted by Crippen LogP contribution is 2.42. The lowest BCUT2D eigenvalue weighted by atomic mass is 9.67. The molecule has 114 valence electrons. The van der Waals surface area contributed by atoms with Gasteiger partial charge in [-0.25, -0.2) is 0 Å². The summed E-state index contributed by atoms with van der Waals surface area (Å²) in [5.74, 6) is -0.170. The quantitative estimate of drug-likeness (QED) is 0.861. The maximum absolute atomic E-state index is 12.5. The van der Waals surface area contributed by atoms with Crippen LogP contribution in [-0.4, -0.2) is 34.5 Å². The number of aliphatic carboxylic acids is 1. The number of hydrogen-bond acceptors (Lipinski definition) is 2. The van der Waals surface area contributed by atoms with Gasteiger partial charge in [-0.2, -0.15) is 0 Å². The van der Waals surface area contributed by atoms with Gasteiger partial charge in [0.1, 0.15) is 0 Å². The Morgan fingerprint density at radius 2 is 1.90 bits per heavy atom.